The summed E-state index contributed by atoms with van der Waals surface area (Å²) in [6.07, 6.45) is -1.50. The number of aliphatic hydroxyl groups excluding tert-OH is 1. The molecule has 0 saturated carbocycles. The molecular weight excluding hydrogens is 369 g/mol. The number of alkyl halides is 3. The van der Waals surface area contributed by atoms with Gasteiger partial charge in [-0.1, -0.05) is 0 Å². The number of nitrogens with one attached hydrogen (secondary N) is 1. The van der Waals surface area contributed by atoms with E-state index < -0.39 is 11.7 Å². The smallest absolute Gasteiger partial charge is 0.416 e. The lowest BCUT2D eigenvalue weighted by molar-refractivity contribution is -0.137. The third-order valence-electron chi connectivity index (χ3n) is 3.31. The lowest BCUT2D eigenvalue weighted by Crippen LogP contribution is -2.06. The lowest BCUT2D eigenvalue weighted by Gasteiger charge is -2.12. The van der Waals surface area contributed by atoms with Gasteiger partial charge in [0.05, 0.1) is 24.2 Å². The summed E-state index contributed by atoms with van der Waals surface area (Å²) in [6, 6.07) is 4.90. The van der Waals surface area contributed by atoms with E-state index in [1.165, 1.54) is 36.9 Å². The first-order valence-electron chi connectivity index (χ1n) is 7.31. The standard InChI is InChI=1S/C16H13F3N4O2S/c1-25-11-5-9(16(17,18)19)4-10(6-11)22-15-20-3-2-13(23-15)14-21-7-12(8-24)26-14/h2-7,24H,8H2,1H3,(H,20,22,23). The van der Waals surface area contributed by atoms with Crippen LogP contribution in [-0.2, 0) is 12.8 Å². The van der Waals surface area contributed by atoms with Crippen molar-refractivity contribution >= 4 is 23.0 Å². The molecule has 0 amide bonds. The minimum atomic E-state index is -4.50. The highest BCUT2D eigenvalue weighted by Crippen LogP contribution is 2.34. The Morgan fingerprint density at radius 3 is 2.69 bits per heavy atom. The first-order chi connectivity index (χ1) is 12.4. The molecule has 136 valence electrons. The fraction of sp³-hybridized carbons (Fsp3) is 0.188. The van der Waals surface area contributed by atoms with Crippen molar-refractivity contribution in [3.63, 3.8) is 0 Å². The van der Waals surface area contributed by atoms with Gasteiger partial charge in [-0.15, -0.1) is 11.3 Å². The molecule has 0 aliphatic carbocycles. The largest absolute Gasteiger partial charge is 0.497 e. The molecule has 2 aromatic heterocycles. The predicted octanol–water partition coefficient (Wildman–Crippen LogP) is 3.86. The molecule has 6 nitrogen and oxygen atoms in total. The van der Waals surface area contributed by atoms with Crippen LogP contribution in [0.25, 0.3) is 10.7 Å². The van der Waals surface area contributed by atoms with Crippen molar-refractivity contribution < 1.29 is 23.0 Å². The quantitative estimate of drug-likeness (QED) is 0.698. The maximum absolute atomic E-state index is 13.0. The maximum atomic E-state index is 13.0. The van der Waals surface area contributed by atoms with E-state index in [1.54, 1.807) is 6.07 Å². The molecule has 0 saturated heterocycles. The fourth-order valence-electron chi connectivity index (χ4n) is 2.12. The first kappa shape index (κ1) is 18.1. The lowest BCUT2D eigenvalue weighted by atomic mass is 10.2. The number of methoxy groups -OCH3 is 1. The molecule has 0 spiro atoms. The maximum Gasteiger partial charge on any atom is 0.416 e. The van der Waals surface area contributed by atoms with Crippen LogP contribution in [0.5, 0.6) is 5.75 Å². The molecule has 2 N–H and O–H groups in total. The van der Waals surface area contributed by atoms with Crippen LogP contribution in [0.3, 0.4) is 0 Å². The van der Waals surface area contributed by atoms with E-state index in [0.29, 0.717) is 15.6 Å². The molecule has 0 fully saturated rings. The Hall–Kier alpha value is -2.72. The number of anilines is 2. The molecule has 0 aliphatic heterocycles. The van der Waals surface area contributed by atoms with Crippen LogP contribution in [0.4, 0.5) is 24.8 Å². The topological polar surface area (TPSA) is 80.2 Å². The van der Waals surface area contributed by atoms with Crippen molar-refractivity contribution in [2.24, 2.45) is 0 Å². The summed E-state index contributed by atoms with van der Waals surface area (Å²) in [5.41, 5.74) is -0.210. The molecule has 3 rings (SSSR count). The van der Waals surface area contributed by atoms with Crippen molar-refractivity contribution in [1.82, 2.24) is 15.0 Å². The van der Waals surface area contributed by atoms with Gasteiger partial charge in [0.25, 0.3) is 0 Å². The van der Waals surface area contributed by atoms with Crippen molar-refractivity contribution in [2.75, 3.05) is 12.4 Å². The first-order valence-corrected chi connectivity index (χ1v) is 8.13. The molecule has 0 bridgehead atoms. The van der Waals surface area contributed by atoms with Gasteiger partial charge in [-0.3, -0.25) is 0 Å². The van der Waals surface area contributed by atoms with Crippen molar-refractivity contribution in [1.29, 1.82) is 0 Å². The Morgan fingerprint density at radius 2 is 2.04 bits per heavy atom. The van der Waals surface area contributed by atoms with E-state index in [4.69, 9.17) is 9.84 Å². The number of hydrogen-bond acceptors (Lipinski definition) is 7. The van der Waals surface area contributed by atoms with Gasteiger partial charge >= 0.3 is 6.18 Å². The van der Waals surface area contributed by atoms with Gasteiger partial charge in [0, 0.05) is 24.1 Å². The monoisotopic (exact) mass is 382 g/mol. The third-order valence-corrected chi connectivity index (χ3v) is 4.31. The summed E-state index contributed by atoms with van der Waals surface area (Å²) < 4.78 is 43.9. The van der Waals surface area contributed by atoms with E-state index in [1.807, 2.05) is 0 Å². The van der Waals surface area contributed by atoms with Gasteiger partial charge < -0.3 is 15.2 Å². The SMILES string of the molecule is COc1cc(Nc2nccc(-c3ncc(CO)s3)n2)cc(C(F)(F)F)c1. The summed E-state index contributed by atoms with van der Waals surface area (Å²) in [5.74, 6) is 0.176. The molecule has 0 atom stereocenters. The summed E-state index contributed by atoms with van der Waals surface area (Å²) in [6.45, 7) is -0.127. The third kappa shape index (κ3) is 4.09. The van der Waals surface area contributed by atoms with Crippen LogP contribution in [0.2, 0.25) is 0 Å². The normalized spacial score (nSPS) is 11.4. The molecule has 0 aliphatic rings. The Balaban J connectivity index is 1.90. The zero-order valence-corrected chi connectivity index (χ0v) is 14.2. The van der Waals surface area contributed by atoms with E-state index in [0.717, 1.165) is 12.1 Å². The Kier molecular flexibility index (Phi) is 5.05. The molecule has 26 heavy (non-hydrogen) atoms. The van der Waals surface area contributed by atoms with E-state index in [9.17, 15) is 13.2 Å². The van der Waals surface area contributed by atoms with Gasteiger partial charge in [0.1, 0.15) is 16.5 Å². The minimum Gasteiger partial charge on any atom is -0.497 e. The number of benzene rings is 1. The van der Waals surface area contributed by atoms with Crippen molar-refractivity contribution in [3.05, 3.63) is 47.1 Å². The van der Waals surface area contributed by atoms with Crippen LogP contribution in [0.1, 0.15) is 10.4 Å². The van der Waals surface area contributed by atoms with Crippen molar-refractivity contribution in [3.8, 4) is 16.5 Å². The minimum absolute atomic E-state index is 0.0611. The number of ether oxygens (including phenoxy) is 1. The summed E-state index contributed by atoms with van der Waals surface area (Å²) in [7, 11) is 1.29. The molecule has 1 aromatic carbocycles. The summed E-state index contributed by atoms with van der Waals surface area (Å²) in [4.78, 5) is 13.1. The van der Waals surface area contributed by atoms with Gasteiger partial charge in [0.2, 0.25) is 5.95 Å². The van der Waals surface area contributed by atoms with Crippen molar-refractivity contribution in [2.45, 2.75) is 12.8 Å². The number of halogens is 3. The van der Waals surface area contributed by atoms with Gasteiger partial charge in [-0.05, 0) is 18.2 Å². The highest BCUT2D eigenvalue weighted by Gasteiger charge is 2.31. The molecule has 0 unspecified atom stereocenters. The average molecular weight is 382 g/mol. The van der Waals surface area contributed by atoms with E-state index in [2.05, 4.69) is 20.3 Å². The fourth-order valence-corrected chi connectivity index (χ4v) is 2.86. The summed E-state index contributed by atoms with van der Waals surface area (Å²) >= 11 is 1.26. The molecule has 10 heteroatoms. The molecular formula is C16H13F3N4O2S. The van der Waals surface area contributed by atoms with Crippen LogP contribution < -0.4 is 10.1 Å². The number of rotatable bonds is 5. The molecule has 2 heterocycles. The summed E-state index contributed by atoms with van der Waals surface area (Å²) in [5, 5.41) is 12.4. The predicted molar refractivity (Wildman–Crippen MR) is 90.3 cm³/mol. The number of aromatic nitrogens is 3. The Bertz CT molecular complexity index is 915. The van der Waals surface area contributed by atoms with Crippen LogP contribution in [0.15, 0.2) is 36.7 Å². The average Bonchev–Trinajstić information content (AvgIpc) is 3.10. The number of thiazole rings is 1. The van der Waals surface area contributed by atoms with Crippen LogP contribution in [0, 0.1) is 0 Å². The second-order valence-corrected chi connectivity index (χ2v) is 6.24. The number of aliphatic hydroxyl groups is 1. The zero-order valence-electron chi connectivity index (χ0n) is 13.4. The van der Waals surface area contributed by atoms with Gasteiger partial charge in [-0.2, -0.15) is 13.2 Å². The second kappa shape index (κ2) is 7.26. The van der Waals surface area contributed by atoms with Gasteiger partial charge in [-0.25, -0.2) is 15.0 Å². The molecule has 3 aromatic rings. The van der Waals surface area contributed by atoms with E-state index >= 15 is 0 Å². The zero-order chi connectivity index (χ0) is 18.7. The second-order valence-electron chi connectivity index (χ2n) is 5.13. The van der Waals surface area contributed by atoms with Crippen LogP contribution in [-0.4, -0.2) is 27.2 Å². The number of hydrogen-bond donors (Lipinski definition) is 2. The highest BCUT2D eigenvalue weighted by molar-refractivity contribution is 7.14. The number of nitrogens with zero attached hydrogens (tertiary/aromatic N) is 3. The van der Waals surface area contributed by atoms with E-state index in [-0.39, 0.29) is 24.0 Å². The van der Waals surface area contributed by atoms with Gasteiger partial charge in [0.15, 0.2) is 0 Å². The molecule has 0 radical (unpaired) electrons. The Labute approximate surface area is 150 Å². The van der Waals surface area contributed by atoms with Crippen LogP contribution >= 0.6 is 11.3 Å². The highest BCUT2D eigenvalue weighted by atomic mass is 32.1. The Morgan fingerprint density at radius 1 is 1.23 bits per heavy atom.